The van der Waals surface area contributed by atoms with Crippen molar-refractivity contribution in [1.82, 2.24) is 15.3 Å². The average Bonchev–Trinajstić information content (AvgIpc) is 3.39. The molecule has 182 valence electrons. The standard InChI is InChI=1S/C26H36N6OS/c34-25(27-20-26(11-5-6-12-26)21-9-3-1-4-10-21)30-24-28-22(31-13-7-2-8-14-31)19-23(29-24)32-15-17-33-18-16-32/h1,3-4,9-10,19H,2,5-8,11-18,20H2,(H2,27,28,29,30,34). The van der Waals surface area contributed by atoms with E-state index in [0.29, 0.717) is 11.1 Å². The van der Waals surface area contributed by atoms with E-state index in [1.807, 2.05) is 0 Å². The molecule has 8 heteroatoms. The van der Waals surface area contributed by atoms with Gasteiger partial charge in [0.2, 0.25) is 5.95 Å². The number of ether oxygens (including phenoxy) is 1. The first-order chi connectivity index (χ1) is 16.7. The molecule has 5 rings (SSSR count). The molecular formula is C26H36N6OS. The molecule has 3 aliphatic rings. The molecule has 2 saturated heterocycles. The number of piperidine rings is 1. The van der Waals surface area contributed by atoms with Gasteiger partial charge in [0, 0.05) is 44.2 Å². The van der Waals surface area contributed by atoms with Gasteiger partial charge in [-0.25, -0.2) is 0 Å². The minimum absolute atomic E-state index is 0.141. The number of nitrogens with one attached hydrogen (secondary N) is 2. The number of morpholine rings is 1. The fraction of sp³-hybridized carbons (Fsp3) is 0.577. The normalized spacial score (nSPS) is 20.2. The second kappa shape index (κ2) is 10.9. The van der Waals surface area contributed by atoms with Crippen molar-refractivity contribution in [2.75, 3.05) is 61.1 Å². The molecule has 2 aliphatic heterocycles. The molecule has 34 heavy (non-hydrogen) atoms. The summed E-state index contributed by atoms with van der Waals surface area (Å²) in [5.41, 5.74) is 1.54. The van der Waals surface area contributed by atoms with E-state index in [-0.39, 0.29) is 5.41 Å². The van der Waals surface area contributed by atoms with E-state index in [0.717, 1.165) is 57.6 Å². The van der Waals surface area contributed by atoms with Crippen LogP contribution in [-0.2, 0) is 10.2 Å². The maximum Gasteiger partial charge on any atom is 0.232 e. The predicted molar refractivity (Wildman–Crippen MR) is 142 cm³/mol. The van der Waals surface area contributed by atoms with E-state index < -0.39 is 0 Å². The lowest BCUT2D eigenvalue weighted by atomic mass is 9.79. The van der Waals surface area contributed by atoms with Crippen molar-refractivity contribution in [1.29, 1.82) is 0 Å². The summed E-state index contributed by atoms with van der Waals surface area (Å²) in [6.45, 7) is 6.06. The van der Waals surface area contributed by atoms with Crippen molar-refractivity contribution in [3.05, 3.63) is 42.0 Å². The molecule has 3 fully saturated rings. The van der Waals surface area contributed by atoms with Gasteiger partial charge in [-0.05, 0) is 49.9 Å². The molecule has 2 N–H and O–H groups in total. The van der Waals surface area contributed by atoms with Gasteiger partial charge in [-0.3, -0.25) is 0 Å². The van der Waals surface area contributed by atoms with Crippen LogP contribution in [-0.4, -0.2) is 61.0 Å². The highest BCUT2D eigenvalue weighted by atomic mass is 32.1. The average molecular weight is 481 g/mol. The predicted octanol–water partition coefficient (Wildman–Crippen LogP) is 4.10. The van der Waals surface area contributed by atoms with Gasteiger partial charge in [0.15, 0.2) is 5.11 Å². The van der Waals surface area contributed by atoms with Crippen molar-refractivity contribution in [2.45, 2.75) is 50.4 Å². The first kappa shape index (κ1) is 23.3. The van der Waals surface area contributed by atoms with Crippen LogP contribution in [0, 0.1) is 0 Å². The monoisotopic (exact) mass is 480 g/mol. The van der Waals surface area contributed by atoms with Crippen LogP contribution in [0.2, 0.25) is 0 Å². The van der Waals surface area contributed by atoms with Crippen LogP contribution >= 0.6 is 12.2 Å². The fourth-order valence-electron chi connectivity index (χ4n) is 5.52. The zero-order valence-electron chi connectivity index (χ0n) is 20.0. The minimum atomic E-state index is 0.141. The summed E-state index contributed by atoms with van der Waals surface area (Å²) in [7, 11) is 0. The number of aromatic nitrogens is 2. The molecule has 1 saturated carbocycles. The van der Waals surface area contributed by atoms with E-state index in [1.54, 1.807) is 0 Å². The van der Waals surface area contributed by atoms with E-state index in [9.17, 15) is 0 Å². The van der Waals surface area contributed by atoms with Gasteiger partial charge in [0.1, 0.15) is 11.6 Å². The Morgan fingerprint density at radius 1 is 0.882 bits per heavy atom. The van der Waals surface area contributed by atoms with Crippen molar-refractivity contribution in [3.8, 4) is 0 Å². The summed E-state index contributed by atoms with van der Waals surface area (Å²) < 4.78 is 5.55. The largest absolute Gasteiger partial charge is 0.378 e. The first-order valence-electron chi connectivity index (χ1n) is 12.8. The molecule has 0 spiro atoms. The lowest BCUT2D eigenvalue weighted by Crippen LogP contribution is -2.41. The fourth-order valence-corrected chi connectivity index (χ4v) is 5.69. The number of benzene rings is 1. The molecule has 0 unspecified atom stereocenters. The number of thiocarbonyl (C=S) groups is 1. The molecular weight excluding hydrogens is 444 g/mol. The Hall–Kier alpha value is -2.45. The molecule has 0 bridgehead atoms. The molecule has 3 heterocycles. The zero-order valence-corrected chi connectivity index (χ0v) is 20.8. The van der Waals surface area contributed by atoms with E-state index in [1.165, 1.54) is 50.5 Å². The van der Waals surface area contributed by atoms with Crippen molar-refractivity contribution < 1.29 is 4.74 Å². The Bertz CT molecular complexity index is 917. The smallest absolute Gasteiger partial charge is 0.232 e. The minimum Gasteiger partial charge on any atom is -0.378 e. The molecule has 7 nitrogen and oxygen atoms in total. The zero-order chi connectivity index (χ0) is 23.2. The van der Waals surface area contributed by atoms with E-state index in [4.69, 9.17) is 26.9 Å². The molecule has 0 atom stereocenters. The number of hydrogen-bond acceptors (Lipinski definition) is 6. The Balaban J connectivity index is 1.30. The molecule has 0 radical (unpaired) electrons. The number of hydrogen-bond donors (Lipinski definition) is 2. The number of nitrogens with zero attached hydrogens (tertiary/aromatic N) is 4. The number of rotatable bonds is 6. The molecule has 1 aliphatic carbocycles. The Morgan fingerprint density at radius 2 is 1.53 bits per heavy atom. The highest BCUT2D eigenvalue weighted by Crippen LogP contribution is 2.40. The van der Waals surface area contributed by atoms with Crippen molar-refractivity contribution in [2.24, 2.45) is 0 Å². The lowest BCUT2D eigenvalue weighted by molar-refractivity contribution is 0.122. The Kier molecular flexibility index (Phi) is 7.45. The van der Waals surface area contributed by atoms with Gasteiger partial charge in [0.05, 0.1) is 13.2 Å². The summed E-state index contributed by atoms with van der Waals surface area (Å²) in [5.74, 6) is 2.50. The summed E-state index contributed by atoms with van der Waals surface area (Å²) in [6, 6.07) is 13.0. The topological polar surface area (TPSA) is 65.6 Å². The highest BCUT2D eigenvalue weighted by Gasteiger charge is 2.35. The van der Waals surface area contributed by atoms with Gasteiger partial charge < -0.3 is 25.2 Å². The van der Waals surface area contributed by atoms with Gasteiger partial charge >= 0.3 is 0 Å². The van der Waals surface area contributed by atoms with Crippen molar-refractivity contribution in [3.63, 3.8) is 0 Å². The van der Waals surface area contributed by atoms with Crippen LogP contribution in [0.15, 0.2) is 36.4 Å². The second-order valence-corrected chi connectivity index (χ2v) is 10.1. The molecule has 1 aromatic carbocycles. The summed E-state index contributed by atoms with van der Waals surface area (Å²) in [4.78, 5) is 14.4. The Morgan fingerprint density at radius 3 is 2.21 bits per heavy atom. The third-order valence-corrected chi connectivity index (χ3v) is 7.72. The van der Waals surface area contributed by atoms with Gasteiger partial charge in [-0.1, -0.05) is 43.2 Å². The van der Waals surface area contributed by atoms with Crippen molar-refractivity contribution >= 4 is 34.9 Å². The summed E-state index contributed by atoms with van der Waals surface area (Å²) in [5, 5.41) is 7.40. The molecule has 2 aromatic rings. The van der Waals surface area contributed by atoms with Crippen LogP contribution in [0.5, 0.6) is 0 Å². The maximum absolute atomic E-state index is 5.72. The Labute approximate surface area is 208 Å². The summed E-state index contributed by atoms with van der Waals surface area (Å²) in [6.07, 6.45) is 8.62. The lowest BCUT2D eigenvalue weighted by Gasteiger charge is -2.32. The highest BCUT2D eigenvalue weighted by molar-refractivity contribution is 7.80. The van der Waals surface area contributed by atoms with Crippen LogP contribution < -0.4 is 20.4 Å². The van der Waals surface area contributed by atoms with Gasteiger partial charge in [0.25, 0.3) is 0 Å². The van der Waals surface area contributed by atoms with Crippen LogP contribution in [0.3, 0.4) is 0 Å². The summed E-state index contributed by atoms with van der Waals surface area (Å²) >= 11 is 5.72. The van der Waals surface area contributed by atoms with E-state index in [2.05, 4.69) is 56.8 Å². The van der Waals surface area contributed by atoms with Gasteiger partial charge in [-0.15, -0.1) is 0 Å². The van der Waals surface area contributed by atoms with E-state index >= 15 is 0 Å². The maximum atomic E-state index is 5.72. The second-order valence-electron chi connectivity index (χ2n) is 9.72. The van der Waals surface area contributed by atoms with Crippen LogP contribution in [0.1, 0.15) is 50.5 Å². The number of anilines is 3. The SMILES string of the molecule is S=C(NCC1(c2ccccc2)CCCC1)Nc1nc(N2CCCCC2)cc(N2CCOCC2)n1. The van der Waals surface area contributed by atoms with Gasteiger partial charge in [-0.2, -0.15) is 9.97 Å². The van der Waals surface area contributed by atoms with Crippen LogP contribution in [0.4, 0.5) is 17.6 Å². The third-order valence-electron chi connectivity index (χ3n) is 7.47. The quantitative estimate of drug-likeness (QED) is 0.599. The van der Waals surface area contributed by atoms with Crippen LogP contribution in [0.25, 0.3) is 0 Å². The molecule has 0 amide bonds. The first-order valence-corrected chi connectivity index (χ1v) is 13.2. The molecule has 1 aromatic heterocycles. The third kappa shape index (κ3) is 5.44.